The molecule has 1 aliphatic carbocycles. The topological polar surface area (TPSA) is 26.3 Å². The van der Waals surface area contributed by atoms with Crippen LogP contribution >= 0.6 is 0 Å². The summed E-state index contributed by atoms with van der Waals surface area (Å²) in [4.78, 5) is 11.9. The second-order valence-corrected chi connectivity index (χ2v) is 7.23. The summed E-state index contributed by atoms with van der Waals surface area (Å²) in [5, 5.41) is 0. The van der Waals surface area contributed by atoms with E-state index in [4.69, 9.17) is 4.74 Å². The summed E-state index contributed by atoms with van der Waals surface area (Å²) in [6.07, 6.45) is 8.90. The molecule has 1 heterocycles. The van der Waals surface area contributed by atoms with Crippen LogP contribution < -0.4 is 0 Å². The Labute approximate surface area is 104 Å². The molecule has 0 aromatic rings. The molecule has 0 bridgehead atoms. The number of hydrogen-bond donors (Lipinski definition) is 0. The molecule has 2 nitrogen and oxygen atoms in total. The molecule has 3 heteroatoms. The van der Waals surface area contributed by atoms with Crippen molar-refractivity contribution in [2.24, 2.45) is 0 Å². The van der Waals surface area contributed by atoms with Crippen molar-refractivity contribution in [3.05, 3.63) is 10.0 Å². The van der Waals surface area contributed by atoms with E-state index in [0.29, 0.717) is 21.6 Å². The fourth-order valence-corrected chi connectivity index (χ4v) is 5.41. The van der Waals surface area contributed by atoms with Crippen molar-refractivity contribution < 1.29 is 9.53 Å². The molecule has 0 saturated heterocycles. The van der Waals surface area contributed by atoms with Crippen molar-refractivity contribution in [1.82, 2.24) is 0 Å². The van der Waals surface area contributed by atoms with Crippen molar-refractivity contribution in [2.75, 3.05) is 6.61 Å². The summed E-state index contributed by atoms with van der Waals surface area (Å²) in [6, 6.07) is 0. The zero-order valence-corrected chi connectivity index (χ0v) is 11.7. The first-order valence-electron chi connectivity index (χ1n) is 6.35. The van der Waals surface area contributed by atoms with Gasteiger partial charge < -0.3 is 0 Å². The molecule has 2 aliphatic rings. The van der Waals surface area contributed by atoms with Crippen molar-refractivity contribution in [3.8, 4) is 0 Å². The zero-order valence-electron chi connectivity index (χ0n) is 9.96. The van der Waals surface area contributed by atoms with Crippen molar-refractivity contribution >= 4 is 20.9 Å². The van der Waals surface area contributed by atoms with E-state index >= 15 is 0 Å². The van der Waals surface area contributed by atoms with Crippen LogP contribution in [0.1, 0.15) is 51.9 Å². The minimum atomic E-state index is 0.0502. The Hall–Kier alpha value is -0.271. The maximum absolute atomic E-state index is 11.7. The predicted octanol–water partition coefficient (Wildman–Crippen LogP) is 3.05. The van der Waals surface area contributed by atoms with E-state index in [2.05, 4.69) is 0 Å². The molecule has 0 N–H and O–H groups in total. The molecule has 0 amide bonds. The molecule has 0 saturated carbocycles. The number of hydrogen-bond acceptors (Lipinski definition) is 2. The third kappa shape index (κ3) is 2.89. The number of rotatable bonds is 2. The van der Waals surface area contributed by atoms with Gasteiger partial charge in [0.25, 0.3) is 0 Å². The Morgan fingerprint density at radius 1 is 1.31 bits per heavy atom. The van der Waals surface area contributed by atoms with E-state index in [-0.39, 0.29) is 10.8 Å². The first-order chi connectivity index (χ1) is 7.81. The number of allylic oxidation sites excluding steroid dienone is 2. The van der Waals surface area contributed by atoms with Gasteiger partial charge in [0.15, 0.2) is 0 Å². The van der Waals surface area contributed by atoms with Crippen LogP contribution in [0.5, 0.6) is 0 Å². The third-order valence-corrected chi connectivity index (χ3v) is 6.27. The van der Waals surface area contributed by atoms with E-state index in [1.54, 1.807) is 10.0 Å². The van der Waals surface area contributed by atoms with Crippen LogP contribution in [0, 0.1) is 0 Å². The summed E-state index contributed by atoms with van der Waals surface area (Å²) < 4.78 is 6.79. The summed E-state index contributed by atoms with van der Waals surface area (Å²) in [5.74, 6) is 0.0502. The summed E-state index contributed by atoms with van der Waals surface area (Å²) in [6.45, 7) is 2.42. The fourth-order valence-electron chi connectivity index (χ4n) is 2.46. The minimum absolute atomic E-state index is 0.0502. The number of carbonyl (C=O) groups is 1. The summed E-state index contributed by atoms with van der Waals surface area (Å²) in [5.41, 5.74) is 1.61. The van der Waals surface area contributed by atoms with Crippen molar-refractivity contribution in [1.29, 1.82) is 0 Å². The molecule has 2 rings (SSSR count). The SMILES string of the molecule is CCOC(=O)C1CC2=C(CCCCCC2)[Se]1. The second kappa shape index (κ2) is 5.88. The average Bonchev–Trinajstić information content (AvgIpc) is 2.61. The molecular formula is C13H20O2Se. The van der Waals surface area contributed by atoms with Crippen LogP contribution in [0.2, 0.25) is 4.82 Å². The van der Waals surface area contributed by atoms with Crippen LogP contribution in [-0.2, 0) is 9.53 Å². The van der Waals surface area contributed by atoms with Gasteiger partial charge in [-0.1, -0.05) is 0 Å². The van der Waals surface area contributed by atoms with Crippen LogP contribution in [-0.4, -0.2) is 27.5 Å². The van der Waals surface area contributed by atoms with E-state index in [1.807, 2.05) is 6.92 Å². The van der Waals surface area contributed by atoms with E-state index < -0.39 is 0 Å². The number of esters is 1. The predicted molar refractivity (Wildman–Crippen MR) is 65.5 cm³/mol. The molecule has 1 aliphatic heterocycles. The van der Waals surface area contributed by atoms with Crippen LogP contribution in [0.4, 0.5) is 0 Å². The molecule has 90 valence electrons. The van der Waals surface area contributed by atoms with Crippen LogP contribution in [0.25, 0.3) is 0 Å². The average molecular weight is 287 g/mol. The van der Waals surface area contributed by atoms with Crippen molar-refractivity contribution in [2.45, 2.75) is 56.7 Å². The van der Waals surface area contributed by atoms with Gasteiger partial charge in [-0.25, -0.2) is 0 Å². The molecule has 0 aromatic carbocycles. The van der Waals surface area contributed by atoms with E-state index in [9.17, 15) is 4.79 Å². The molecule has 1 atom stereocenters. The Kier molecular flexibility index (Phi) is 4.48. The van der Waals surface area contributed by atoms with Gasteiger partial charge in [-0.15, -0.1) is 0 Å². The van der Waals surface area contributed by atoms with Gasteiger partial charge in [0.1, 0.15) is 0 Å². The van der Waals surface area contributed by atoms with Crippen molar-refractivity contribution in [3.63, 3.8) is 0 Å². The third-order valence-electron chi connectivity index (χ3n) is 3.29. The van der Waals surface area contributed by atoms with Gasteiger partial charge in [0, 0.05) is 0 Å². The van der Waals surface area contributed by atoms with Gasteiger partial charge in [0.2, 0.25) is 0 Å². The molecule has 0 radical (unpaired) electrons. The van der Waals surface area contributed by atoms with Gasteiger partial charge in [-0.3, -0.25) is 0 Å². The maximum atomic E-state index is 11.7. The first kappa shape index (κ1) is 12.2. The summed E-state index contributed by atoms with van der Waals surface area (Å²) >= 11 is 0.388. The fraction of sp³-hybridized carbons (Fsp3) is 0.769. The van der Waals surface area contributed by atoms with Gasteiger partial charge in [-0.2, -0.15) is 0 Å². The molecule has 0 aromatic heterocycles. The van der Waals surface area contributed by atoms with Crippen LogP contribution in [0.15, 0.2) is 10.0 Å². The zero-order chi connectivity index (χ0) is 11.4. The van der Waals surface area contributed by atoms with Gasteiger partial charge in [-0.05, 0) is 0 Å². The Bertz CT molecular complexity index is 276. The Morgan fingerprint density at radius 2 is 2.06 bits per heavy atom. The normalized spacial score (nSPS) is 25.9. The molecule has 16 heavy (non-hydrogen) atoms. The molecular weight excluding hydrogens is 267 g/mol. The molecule has 0 fully saturated rings. The number of ether oxygens (including phenoxy) is 1. The Balaban J connectivity index is 1.95. The molecule has 1 unspecified atom stereocenters. The van der Waals surface area contributed by atoms with E-state index in [1.165, 1.54) is 38.5 Å². The molecule has 0 spiro atoms. The quantitative estimate of drug-likeness (QED) is 0.576. The summed E-state index contributed by atoms with van der Waals surface area (Å²) in [7, 11) is 0. The Morgan fingerprint density at radius 3 is 2.81 bits per heavy atom. The first-order valence-corrected chi connectivity index (χ1v) is 8.20. The van der Waals surface area contributed by atoms with E-state index in [0.717, 1.165) is 6.42 Å². The number of carbonyl (C=O) groups excluding carboxylic acids is 1. The monoisotopic (exact) mass is 288 g/mol. The standard InChI is InChI=1S/C13H20O2Se/c1-2-15-13(14)12-9-10-7-5-3-4-6-8-11(10)16-12/h12H,2-9H2,1H3. The van der Waals surface area contributed by atoms with Gasteiger partial charge in [0.05, 0.1) is 0 Å². The van der Waals surface area contributed by atoms with Gasteiger partial charge >= 0.3 is 104 Å². The van der Waals surface area contributed by atoms with Crippen LogP contribution in [0.3, 0.4) is 0 Å². The second-order valence-electron chi connectivity index (χ2n) is 4.50.